The van der Waals surface area contributed by atoms with Crippen LogP contribution in [-0.2, 0) is 31.7 Å². The predicted octanol–water partition coefficient (Wildman–Crippen LogP) is 1.13. The van der Waals surface area contributed by atoms with Crippen molar-refractivity contribution in [2.45, 2.75) is 31.4 Å². The van der Waals surface area contributed by atoms with E-state index in [1.54, 1.807) is 35.5 Å². The van der Waals surface area contributed by atoms with E-state index in [1.165, 1.54) is 0 Å². The second-order valence-corrected chi connectivity index (χ2v) is 12.0. The molecule has 0 N–H and O–H groups in total. The van der Waals surface area contributed by atoms with Crippen molar-refractivity contribution in [1.29, 1.82) is 0 Å². The van der Waals surface area contributed by atoms with Gasteiger partial charge >= 0.3 is 23.5 Å². The van der Waals surface area contributed by atoms with Crippen LogP contribution in [0.2, 0.25) is 12.1 Å². The van der Waals surface area contributed by atoms with Gasteiger partial charge in [0.1, 0.15) is 0 Å². The Hall–Kier alpha value is -0.336. The van der Waals surface area contributed by atoms with Gasteiger partial charge in [0.2, 0.25) is 0 Å². The van der Waals surface area contributed by atoms with Crippen molar-refractivity contribution < 1.29 is 31.7 Å². The van der Waals surface area contributed by atoms with E-state index in [2.05, 4.69) is 4.57 Å². The molecule has 0 atom stereocenters. The number of esters is 1. The lowest BCUT2D eigenvalue weighted by molar-refractivity contribution is -0.143. The van der Waals surface area contributed by atoms with Gasteiger partial charge in [-0.25, -0.2) is 0 Å². The fourth-order valence-corrected chi connectivity index (χ4v) is 7.63. The molecule has 0 aliphatic carbocycles. The molecule has 0 saturated carbocycles. The summed E-state index contributed by atoms with van der Waals surface area (Å²) in [6, 6.07) is 1.55. The van der Waals surface area contributed by atoms with Gasteiger partial charge in [0.15, 0.2) is 0 Å². The highest BCUT2D eigenvalue weighted by Crippen LogP contribution is 2.27. The fraction of sp³-hybridized carbons (Fsp3) is 0.929. The molecular weight excluding hydrogens is 350 g/mol. The summed E-state index contributed by atoms with van der Waals surface area (Å²) < 4.78 is 34.7. The number of hydrogen-bond acceptors (Lipinski definition) is 8. The fourth-order valence-electron chi connectivity index (χ4n) is 2.98. The molecule has 0 amide bonds. The Morgan fingerprint density at radius 3 is 2.25 bits per heavy atom. The first-order chi connectivity index (χ1) is 11.5. The molecule has 1 aliphatic heterocycles. The molecule has 0 aromatic carbocycles. The van der Waals surface area contributed by atoms with Crippen LogP contribution in [0.4, 0.5) is 0 Å². The molecule has 0 unspecified atom stereocenters. The van der Waals surface area contributed by atoms with Crippen LogP contribution in [0.3, 0.4) is 0 Å². The van der Waals surface area contributed by atoms with Crippen molar-refractivity contribution in [3.63, 3.8) is 0 Å². The molecule has 1 saturated heterocycles. The predicted molar refractivity (Wildman–Crippen MR) is 92.6 cm³/mol. The number of carbonyl (C=O) groups is 1. The monoisotopic (exact) mass is 381 g/mol. The van der Waals surface area contributed by atoms with Crippen LogP contribution >= 0.6 is 0 Å². The molecule has 0 spiro atoms. The van der Waals surface area contributed by atoms with E-state index < -0.39 is 17.5 Å². The summed E-state index contributed by atoms with van der Waals surface area (Å²) in [6.45, 7) is 1.85. The quantitative estimate of drug-likeness (QED) is 0.283. The van der Waals surface area contributed by atoms with E-state index in [-0.39, 0.29) is 5.97 Å². The first kappa shape index (κ1) is 21.7. The average molecular weight is 382 g/mol. The summed E-state index contributed by atoms with van der Waals surface area (Å²) in [4.78, 5) is 11.9. The maximum Gasteiger partial charge on any atom is 0.500 e. The van der Waals surface area contributed by atoms with Crippen molar-refractivity contribution in [3.8, 4) is 0 Å². The Morgan fingerprint density at radius 2 is 1.71 bits per heavy atom. The Balaban J connectivity index is 2.27. The zero-order valence-corrected chi connectivity index (χ0v) is 17.5. The largest absolute Gasteiger partial charge is 0.500 e. The molecule has 0 bridgehead atoms. The average Bonchev–Trinajstić information content (AvgIpc) is 3.04. The molecule has 0 radical (unpaired) electrons. The van der Waals surface area contributed by atoms with Crippen molar-refractivity contribution in [3.05, 3.63) is 0 Å². The number of nitrogens with zero attached hydrogens (tertiary/aromatic N) is 1. The van der Waals surface area contributed by atoms with Gasteiger partial charge < -0.3 is 26.9 Å². The van der Waals surface area contributed by atoms with Crippen LogP contribution in [0.25, 0.3) is 0 Å². The highest BCUT2D eigenvalue weighted by molar-refractivity contribution is 6.65. The van der Waals surface area contributed by atoms with E-state index in [0.717, 1.165) is 19.0 Å². The molecule has 0 aromatic heterocycles. The summed E-state index contributed by atoms with van der Waals surface area (Å²) in [5, 5.41) is 0. The topological polar surface area (TPSA) is 75.7 Å². The van der Waals surface area contributed by atoms with Crippen LogP contribution < -0.4 is 0 Å². The van der Waals surface area contributed by atoms with Gasteiger partial charge in [-0.05, 0) is 19.4 Å². The van der Waals surface area contributed by atoms with E-state index in [4.69, 9.17) is 26.9 Å². The van der Waals surface area contributed by atoms with Crippen LogP contribution in [0.15, 0.2) is 0 Å². The Morgan fingerprint density at radius 1 is 1.08 bits per heavy atom. The highest BCUT2D eigenvalue weighted by atomic mass is 28.4. The summed E-state index contributed by atoms with van der Waals surface area (Å²) in [5.41, 5.74) is 0. The molecule has 8 nitrogen and oxygen atoms in total. The number of hydrogen-bond donors (Lipinski definition) is 0. The summed E-state index contributed by atoms with van der Waals surface area (Å²) in [6.07, 6.45) is 2.02. The third-order valence-corrected chi connectivity index (χ3v) is 11.0. The molecule has 142 valence electrons. The highest BCUT2D eigenvalue weighted by Gasteiger charge is 2.47. The van der Waals surface area contributed by atoms with Gasteiger partial charge in [0.25, 0.3) is 0 Å². The van der Waals surface area contributed by atoms with E-state index >= 15 is 0 Å². The van der Waals surface area contributed by atoms with Gasteiger partial charge in [-0.15, -0.1) is 0 Å². The van der Waals surface area contributed by atoms with E-state index in [0.29, 0.717) is 32.0 Å². The lowest BCUT2D eigenvalue weighted by Crippen LogP contribution is -2.53. The first-order valence-corrected chi connectivity index (χ1v) is 12.1. The van der Waals surface area contributed by atoms with Gasteiger partial charge in [0, 0.05) is 54.2 Å². The standard InChI is InChI=1S/C14H31NO7Si2/c1-17-23(18-2)12-6-9-15(23)10-8-14(16)22-11-7-13-24(19-3,20-4)21-5/h6-13H2,1-5H3. The Bertz CT molecular complexity index is 370. The van der Waals surface area contributed by atoms with Gasteiger partial charge in [-0.1, -0.05) is 0 Å². The van der Waals surface area contributed by atoms with Crippen molar-refractivity contribution in [2.24, 2.45) is 0 Å². The van der Waals surface area contributed by atoms with E-state index in [9.17, 15) is 4.79 Å². The van der Waals surface area contributed by atoms with Gasteiger partial charge in [0.05, 0.1) is 13.0 Å². The molecule has 10 heteroatoms. The minimum Gasteiger partial charge on any atom is -0.466 e. The summed E-state index contributed by atoms with van der Waals surface area (Å²) in [7, 11) is 3.23. The van der Waals surface area contributed by atoms with E-state index in [1.807, 2.05) is 0 Å². The smallest absolute Gasteiger partial charge is 0.466 e. The number of ether oxygens (including phenoxy) is 1. The molecule has 0 aromatic rings. The molecule has 1 aliphatic rings. The van der Waals surface area contributed by atoms with Crippen LogP contribution in [0.5, 0.6) is 0 Å². The zero-order chi connectivity index (χ0) is 18.1. The minimum absolute atomic E-state index is 0.212. The molecule has 1 rings (SSSR count). The lowest BCUT2D eigenvalue weighted by Gasteiger charge is -2.31. The third-order valence-electron chi connectivity index (χ3n) is 4.45. The maximum atomic E-state index is 11.9. The van der Waals surface area contributed by atoms with Crippen LogP contribution in [0.1, 0.15) is 19.3 Å². The summed E-state index contributed by atoms with van der Waals surface area (Å²) >= 11 is 0. The molecule has 1 heterocycles. The Labute approximate surface area is 147 Å². The zero-order valence-electron chi connectivity index (χ0n) is 15.5. The molecule has 24 heavy (non-hydrogen) atoms. The third kappa shape index (κ3) is 5.59. The first-order valence-electron chi connectivity index (χ1n) is 8.18. The van der Waals surface area contributed by atoms with Gasteiger partial charge in [-0.2, -0.15) is 0 Å². The molecular formula is C14H31NO7Si2. The molecule has 1 fully saturated rings. The SMILES string of the molecule is CO[Si](CCCOC(=O)CCN1CCC[Si]1(OC)OC)(OC)OC. The van der Waals surface area contributed by atoms with Crippen LogP contribution in [-0.4, -0.2) is 83.3 Å². The normalized spacial score (nSPS) is 18.0. The Kier molecular flexibility index (Phi) is 9.59. The second-order valence-electron chi connectivity index (χ2n) is 5.58. The lowest BCUT2D eigenvalue weighted by atomic mass is 10.4. The summed E-state index contributed by atoms with van der Waals surface area (Å²) in [5.74, 6) is -0.212. The maximum absolute atomic E-state index is 11.9. The minimum atomic E-state index is -2.59. The van der Waals surface area contributed by atoms with Crippen molar-refractivity contribution in [2.75, 3.05) is 55.2 Å². The number of rotatable bonds is 12. The second kappa shape index (κ2) is 10.6. The number of carbonyl (C=O) groups excluding carboxylic acids is 1. The van der Waals surface area contributed by atoms with Gasteiger partial charge in [-0.3, -0.25) is 9.36 Å². The van der Waals surface area contributed by atoms with Crippen molar-refractivity contribution in [1.82, 2.24) is 4.57 Å². The van der Waals surface area contributed by atoms with Crippen molar-refractivity contribution >= 4 is 23.5 Å². The van der Waals surface area contributed by atoms with Crippen LogP contribution in [0, 0.1) is 0 Å².